The van der Waals surface area contributed by atoms with E-state index >= 15 is 0 Å². The van der Waals surface area contributed by atoms with Gasteiger partial charge in [0.05, 0.1) is 6.20 Å². The monoisotopic (exact) mass is 298 g/mol. The van der Waals surface area contributed by atoms with Crippen molar-refractivity contribution in [2.75, 3.05) is 6.54 Å². The summed E-state index contributed by atoms with van der Waals surface area (Å²) in [6, 6.07) is 0.117. The molecule has 2 aliphatic rings. The van der Waals surface area contributed by atoms with Crippen molar-refractivity contribution in [2.45, 2.75) is 49.6 Å². The lowest BCUT2D eigenvalue weighted by atomic mass is 9.96. The van der Waals surface area contributed by atoms with E-state index in [0.29, 0.717) is 19.0 Å². The standard InChI is InChI=1S/C13H22N4O2S/c14-4-1-5-17-9-12(8-15-17)20(18,19)16-13-7-10-2-3-11(13)6-10/h8-11,13,16H,1-7,14H2. The lowest BCUT2D eigenvalue weighted by Crippen LogP contribution is -2.38. The van der Waals surface area contributed by atoms with Gasteiger partial charge in [0.2, 0.25) is 10.0 Å². The van der Waals surface area contributed by atoms with Crippen LogP contribution in [0.2, 0.25) is 0 Å². The number of hydrogen-bond acceptors (Lipinski definition) is 4. The van der Waals surface area contributed by atoms with Crippen molar-refractivity contribution in [3.8, 4) is 0 Å². The van der Waals surface area contributed by atoms with Gasteiger partial charge in [-0.2, -0.15) is 5.10 Å². The fourth-order valence-electron chi connectivity index (χ4n) is 3.52. The lowest BCUT2D eigenvalue weighted by molar-refractivity contribution is 0.390. The fourth-order valence-corrected chi connectivity index (χ4v) is 4.79. The first kappa shape index (κ1) is 14.0. The maximum absolute atomic E-state index is 12.4. The summed E-state index contributed by atoms with van der Waals surface area (Å²) >= 11 is 0. The molecule has 1 aromatic heterocycles. The zero-order chi connectivity index (χ0) is 14.2. The molecule has 0 amide bonds. The summed E-state index contributed by atoms with van der Waals surface area (Å²) in [6.07, 6.45) is 8.40. The van der Waals surface area contributed by atoms with Crippen LogP contribution >= 0.6 is 0 Å². The van der Waals surface area contributed by atoms with Crippen molar-refractivity contribution in [2.24, 2.45) is 17.6 Å². The highest BCUT2D eigenvalue weighted by Crippen LogP contribution is 2.44. The van der Waals surface area contributed by atoms with Gasteiger partial charge in [0.15, 0.2) is 0 Å². The normalized spacial score (nSPS) is 29.1. The van der Waals surface area contributed by atoms with Gasteiger partial charge >= 0.3 is 0 Å². The number of nitrogens with two attached hydrogens (primary N) is 1. The van der Waals surface area contributed by atoms with Crippen molar-refractivity contribution in [1.29, 1.82) is 0 Å². The molecule has 112 valence electrons. The second kappa shape index (κ2) is 5.46. The number of aromatic nitrogens is 2. The van der Waals surface area contributed by atoms with Crippen LogP contribution < -0.4 is 10.5 Å². The summed E-state index contributed by atoms with van der Waals surface area (Å²) in [5.41, 5.74) is 5.44. The molecule has 7 heteroatoms. The minimum atomic E-state index is -3.43. The quantitative estimate of drug-likeness (QED) is 0.809. The minimum absolute atomic E-state index is 0.117. The zero-order valence-electron chi connectivity index (χ0n) is 11.5. The van der Waals surface area contributed by atoms with Crippen molar-refractivity contribution < 1.29 is 8.42 Å². The second-order valence-corrected chi connectivity index (χ2v) is 7.70. The van der Waals surface area contributed by atoms with Crippen LogP contribution in [-0.2, 0) is 16.6 Å². The minimum Gasteiger partial charge on any atom is -0.330 e. The number of aryl methyl sites for hydroxylation is 1. The van der Waals surface area contributed by atoms with Crippen LogP contribution in [-0.4, -0.2) is 30.8 Å². The molecule has 2 bridgehead atoms. The van der Waals surface area contributed by atoms with Gasteiger partial charge in [-0.3, -0.25) is 4.68 Å². The Morgan fingerprint density at radius 3 is 2.90 bits per heavy atom. The van der Waals surface area contributed by atoms with Gasteiger partial charge in [-0.15, -0.1) is 0 Å². The molecule has 20 heavy (non-hydrogen) atoms. The summed E-state index contributed by atoms with van der Waals surface area (Å²) in [6.45, 7) is 1.23. The largest absolute Gasteiger partial charge is 0.330 e. The summed E-state index contributed by atoms with van der Waals surface area (Å²) in [5, 5.41) is 4.08. The highest BCUT2D eigenvalue weighted by Gasteiger charge is 2.41. The molecule has 1 aromatic rings. The Hall–Kier alpha value is -0.920. The van der Waals surface area contributed by atoms with Crippen molar-refractivity contribution in [1.82, 2.24) is 14.5 Å². The van der Waals surface area contributed by atoms with Crippen LogP contribution in [0.4, 0.5) is 0 Å². The van der Waals surface area contributed by atoms with Crippen molar-refractivity contribution >= 4 is 10.0 Å². The van der Waals surface area contributed by atoms with E-state index < -0.39 is 10.0 Å². The number of rotatable bonds is 6. The molecular formula is C13H22N4O2S. The number of hydrogen-bond donors (Lipinski definition) is 2. The smallest absolute Gasteiger partial charge is 0.243 e. The predicted octanol–water partition coefficient (Wildman–Crippen LogP) is 0.699. The van der Waals surface area contributed by atoms with E-state index in [4.69, 9.17) is 5.73 Å². The van der Waals surface area contributed by atoms with Crippen LogP contribution in [0.5, 0.6) is 0 Å². The van der Waals surface area contributed by atoms with E-state index in [1.807, 2.05) is 0 Å². The summed E-state index contributed by atoms with van der Waals surface area (Å²) in [4.78, 5) is 0.261. The Bertz CT molecular complexity index is 569. The lowest BCUT2D eigenvalue weighted by Gasteiger charge is -2.22. The van der Waals surface area contributed by atoms with E-state index in [1.54, 1.807) is 10.9 Å². The Labute approximate surface area is 119 Å². The highest BCUT2D eigenvalue weighted by atomic mass is 32.2. The second-order valence-electron chi connectivity index (χ2n) is 5.98. The molecule has 3 N–H and O–H groups in total. The molecule has 2 saturated carbocycles. The van der Waals surface area contributed by atoms with E-state index in [1.165, 1.54) is 19.0 Å². The van der Waals surface area contributed by atoms with Crippen LogP contribution in [0.3, 0.4) is 0 Å². The maximum atomic E-state index is 12.4. The van der Waals surface area contributed by atoms with Gasteiger partial charge in [0.25, 0.3) is 0 Å². The van der Waals surface area contributed by atoms with E-state index in [-0.39, 0.29) is 10.9 Å². The van der Waals surface area contributed by atoms with Gasteiger partial charge in [-0.25, -0.2) is 13.1 Å². The SMILES string of the molecule is NCCCn1cc(S(=O)(=O)NC2CC3CCC2C3)cn1. The third kappa shape index (κ3) is 2.75. The molecule has 3 atom stereocenters. The summed E-state index contributed by atoms with van der Waals surface area (Å²) in [5.74, 6) is 1.25. The maximum Gasteiger partial charge on any atom is 0.243 e. The van der Waals surface area contributed by atoms with Crippen LogP contribution in [0, 0.1) is 11.8 Å². The molecule has 1 heterocycles. The Balaban J connectivity index is 1.67. The third-order valence-electron chi connectivity index (χ3n) is 4.56. The number of fused-ring (bicyclic) bond motifs is 2. The number of nitrogens with zero attached hydrogens (tertiary/aromatic N) is 2. The Morgan fingerprint density at radius 1 is 1.40 bits per heavy atom. The zero-order valence-corrected chi connectivity index (χ0v) is 12.3. The number of nitrogens with one attached hydrogen (secondary N) is 1. The predicted molar refractivity (Wildman–Crippen MR) is 75.5 cm³/mol. The Kier molecular flexibility index (Phi) is 3.83. The first-order valence-corrected chi connectivity index (χ1v) is 8.81. The summed E-state index contributed by atoms with van der Waals surface area (Å²) in [7, 11) is -3.43. The van der Waals surface area contributed by atoms with E-state index in [9.17, 15) is 8.42 Å². The van der Waals surface area contributed by atoms with Gasteiger partial charge < -0.3 is 5.73 Å². The molecule has 0 radical (unpaired) electrons. The molecule has 2 fully saturated rings. The number of sulfonamides is 1. The molecule has 0 aliphatic heterocycles. The van der Waals surface area contributed by atoms with Crippen molar-refractivity contribution in [3.63, 3.8) is 0 Å². The average Bonchev–Trinajstić information content (AvgIpc) is 3.11. The topological polar surface area (TPSA) is 90.0 Å². The van der Waals surface area contributed by atoms with Gasteiger partial charge in [0.1, 0.15) is 4.90 Å². The fraction of sp³-hybridized carbons (Fsp3) is 0.769. The van der Waals surface area contributed by atoms with Crippen molar-refractivity contribution in [3.05, 3.63) is 12.4 Å². The first-order valence-electron chi connectivity index (χ1n) is 7.33. The molecule has 3 rings (SSSR count). The van der Waals surface area contributed by atoms with Gasteiger partial charge in [-0.05, 0) is 44.1 Å². The van der Waals surface area contributed by atoms with Gasteiger partial charge in [-0.1, -0.05) is 6.42 Å². The van der Waals surface area contributed by atoms with Crippen LogP contribution in [0.15, 0.2) is 17.3 Å². The van der Waals surface area contributed by atoms with Crippen LogP contribution in [0.1, 0.15) is 32.1 Å². The molecule has 0 aromatic carbocycles. The van der Waals surface area contributed by atoms with E-state index in [0.717, 1.165) is 25.2 Å². The van der Waals surface area contributed by atoms with Crippen LogP contribution in [0.25, 0.3) is 0 Å². The average molecular weight is 298 g/mol. The first-order chi connectivity index (χ1) is 9.58. The molecule has 0 spiro atoms. The molecule has 3 unspecified atom stereocenters. The highest BCUT2D eigenvalue weighted by molar-refractivity contribution is 7.89. The molecular weight excluding hydrogens is 276 g/mol. The molecule has 6 nitrogen and oxygen atoms in total. The summed E-state index contributed by atoms with van der Waals surface area (Å²) < 4.78 is 29.2. The van der Waals surface area contributed by atoms with Gasteiger partial charge in [0, 0.05) is 18.8 Å². The third-order valence-corrected chi connectivity index (χ3v) is 6.00. The molecule has 2 aliphatic carbocycles. The molecule has 0 saturated heterocycles. The van der Waals surface area contributed by atoms with E-state index in [2.05, 4.69) is 9.82 Å². The Morgan fingerprint density at radius 2 is 2.25 bits per heavy atom.